The van der Waals surface area contributed by atoms with Crippen molar-refractivity contribution in [1.29, 1.82) is 0 Å². The van der Waals surface area contributed by atoms with E-state index in [0.717, 1.165) is 0 Å². The first kappa shape index (κ1) is 11.7. The van der Waals surface area contributed by atoms with E-state index < -0.39 is 5.97 Å². The number of benzene rings is 1. The van der Waals surface area contributed by atoms with Gasteiger partial charge in [-0.15, -0.1) is 0 Å². The molecular formula is C11H14FNO2. The van der Waals surface area contributed by atoms with Gasteiger partial charge in [-0.1, -0.05) is 25.1 Å². The maximum atomic E-state index is 13.4. The van der Waals surface area contributed by atoms with Crippen LogP contribution in [0.15, 0.2) is 24.3 Å². The molecule has 1 atom stereocenters. The van der Waals surface area contributed by atoms with Crippen LogP contribution in [-0.2, 0) is 4.79 Å². The van der Waals surface area contributed by atoms with Crippen LogP contribution in [0.25, 0.3) is 0 Å². The Balaban J connectivity index is 2.74. The van der Waals surface area contributed by atoms with E-state index in [1.54, 1.807) is 18.2 Å². The fourth-order valence-electron chi connectivity index (χ4n) is 1.44. The Hall–Kier alpha value is -1.42. The third kappa shape index (κ3) is 3.32. The maximum Gasteiger partial charge on any atom is 0.317 e. The summed E-state index contributed by atoms with van der Waals surface area (Å²) in [5, 5.41) is 11.3. The van der Waals surface area contributed by atoms with Crippen molar-refractivity contribution in [2.75, 3.05) is 6.54 Å². The quantitative estimate of drug-likeness (QED) is 0.782. The molecule has 15 heavy (non-hydrogen) atoms. The van der Waals surface area contributed by atoms with E-state index in [2.05, 4.69) is 5.32 Å². The molecule has 1 aromatic rings. The van der Waals surface area contributed by atoms with Crippen molar-refractivity contribution in [3.05, 3.63) is 35.6 Å². The van der Waals surface area contributed by atoms with Gasteiger partial charge in [0.1, 0.15) is 5.82 Å². The zero-order chi connectivity index (χ0) is 11.3. The summed E-state index contributed by atoms with van der Waals surface area (Å²) < 4.78 is 13.4. The first-order valence-corrected chi connectivity index (χ1v) is 4.84. The molecule has 0 saturated carbocycles. The third-order valence-corrected chi connectivity index (χ3v) is 2.19. The summed E-state index contributed by atoms with van der Waals surface area (Å²) >= 11 is 0. The molecule has 1 unspecified atom stereocenters. The highest BCUT2D eigenvalue weighted by Gasteiger charge is 2.13. The summed E-state index contributed by atoms with van der Waals surface area (Å²) in [6.07, 6.45) is 0.647. The number of halogens is 1. The van der Waals surface area contributed by atoms with Gasteiger partial charge in [-0.05, 0) is 12.5 Å². The predicted molar refractivity (Wildman–Crippen MR) is 55.1 cm³/mol. The second-order valence-corrected chi connectivity index (χ2v) is 3.26. The number of hydrogen-bond acceptors (Lipinski definition) is 2. The fraction of sp³-hybridized carbons (Fsp3) is 0.364. The first-order chi connectivity index (χ1) is 7.15. The van der Waals surface area contributed by atoms with Crippen LogP contribution in [0.4, 0.5) is 4.39 Å². The Morgan fingerprint density at radius 3 is 2.73 bits per heavy atom. The molecule has 0 aliphatic carbocycles. The summed E-state index contributed by atoms with van der Waals surface area (Å²) in [5.41, 5.74) is 0.515. The largest absolute Gasteiger partial charge is 0.480 e. The molecule has 0 aromatic heterocycles. The van der Waals surface area contributed by atoms with Crippen LogP contribution in [0, 0.1) is 5.82 Å². The summed E-state index contributed by atoms with van der Waals surface area (Å²) in [6, 6.07) is 6.15. The zero-order valence-corrected chi connectivity index (χ0v) is 8.53. The van der Waals surface area contributed by atoms with E-state index in [0.29, 0.717) is 12.0 Å². The summed E-state index contributed by atoms with van der Waals surface area (Å²) in [5.74, 6) is -1.24. The van der Waals surface area contributed by atoms with Crippen molar-refractivity contribution in [3.63, 3.8) is 0 Å². The molecule has 0 aliphatic heterocycles. The minimum atomic E-state index is -0.940. The monoisotopic (exact) mass is 211 g/mol. The molecule has 0 saturated heterocycles. The molecule has 0 fully saturated rings. The summed E-state index contributed by atoms with van der Waals surface area (Å²) in [6.45, 7) is 1.72. The Morgan fingerprint density at radius 1 is 1.53 bits per heavy atom. The van der Waals surface area contributed by atoms with Gasteiger partial charge in [0.15, 0.2) is 0 Å². The van der Waals surface area contributed by atoms with Crippen LogP contribution in [-0.4, -0.2) is 17.6 Å². The van der Waals surface area contributed by atoms with Crippen molar-refractivity contribution in [2.24, 2.45) is 0 Å². The third-order valence-electron chi connectivity index (χ3n) is 2.19. The number of rotatable bonds is 5. The molecule has 0 spiro atoms. The maximum absolute atomic E-state index is 13.4. The van der Waals surface area contributed by atoms with Gasteiger partial charge < -0.3 is 5.11 Å². The average Bonchev–Trinajstić information content (AvgIpc) is 2.21. The average molecular weight is 211 g/mol. The standard InChI is InChI=1S/C11H14FNO2/c1-2-10(13-7-11(14)15)8-5-3-4-6-9(8)12/h3-6,10,13H,2,7H2,1H3,(H,14,15). The number of aliphatic carboxylic acids is 1. The van der Waals surface area contributed by atoms with Crippen molar-refractivity contribution in [1.82, 2.24) is 5.32 Å². The van der Waals surface area contributed by atoms with E-state index in [9.17, 15) is 9.18 Å². The number of hydrogen-bond donors (Lipinski definition) is 2. The minimum Gasteiger partial charge on any atom is -0.480 e. The first-order valence-electron chi connectivity index (χ1n) is 4.84. The topological polar surface area (TPSA) is 49.3 Å². The van der Waals surface area contributed by atoms with Crippen molar-refractivity contribution < 1.29 is 14.3 Å². The summed E-state index contributed by atoms with van der Waals surface area (Å²) in [7, 11) is 0. The van der Waals surface area contributed by atoms with Crippen LogP contribution < -0.4 is 5.32 Å². The van der Waals surface area contributed by atoms with Gasteiger partial charge in [-0.2, -0.15) is 0 Å². The molecule has 1 aromatic carbocycles. The normalized spacial score (nSPS) is 12.4. The minimum absolute atomic E-state index is 0.160. The van der Waals surface area contributed by atoms with Gasteiger partial charge in [-0.25, -0.2) is 4.39 Å². The molecule has 82 valence electrons. The lowest BCUT2D eigenvalue weighted by Crippen LogP contribution is -2.27. The Morgan fingerprint density at radius 2 is 2.20 bits per heavy atom. The number of carbonyl (C=O) groups is 1. The molecule has 0 aliphatic rings. The van der Waals surface area contributed by atoms with Gasteiger partial charge in [-0.3, -0.25) is 10.1 Å². The SMILES string of the molecule is CCC(NCC(=O)O)c1ccccc1F. The second kappa shape index (κ2) is 5.46. The Labute approximate surface area is 87.9 Å². The van der Waals surface area contributed by atoms with Gasteiger partial charge in [0.05, 0.1) is 6.54 Å². The van der Waals surface area contributed by atoms with Crippen molar-refractivity contribution in [2.45, 2.75) is 19.4 Å². The molecule has 3 nitrogen and oxygen atoms in total. The molecule has 0 bridgehead atoms. The van der Waals surface area contributed by atoms with E-state index in [1.165, 1.54) is 6.07 Å². The van der Waals surface area contributed by atoms with Crippen LogP contribution in [0.3, 0.4) is 0 Å². The van der Waals surface area contributed by atoms with Crippen LogP contribution in [0.2, 0.25) is 0 Å². The highest BCUT2D eigenvalue weighted by atomic mass is 19.1. The van der Waals surface area contributed by atoms with Gasteiger partial charge in [0.2, 0.25) is 0 Å². The van der Waals surface area contributed by atoms with Gasteiger partial charge >= 0.3 is 5.97 Å². The lowest BCUT2D eigenvalue weighted by molar-refractivity contribution is -0.136. The highest BCUT2D eigenvalue weighted by Crippen LogP contribution is 2.19. The van der Waals surface area contributed by atoms with Crippen LogP contribution in [0.1, 0.15) is 24.9 Å². The van der Waals surface area contributed by atoms with Crippen molar-refractivity contribution >= 4 is 5.97 Å². The van der Waals surface area contributed by atoms with Crippen LogP contribution in [0.5, 0.6) is 0 Å². The Kier molecular flexibility index (Phi) is 4.24. The van der Waals surface area contributed by atoms with E-state index in [-0.39, 0.29) is 18.4 Å². The molecular weight excluding hydrogens is 197 g/mol. The lowest BCUT2D eigenvalue weighted by atomic mass is 10.0. The smallest absolute Gasteiger partial charge is 0.317 e. The zero-order valence-electron chi connectivity index (χ0n) is 8.53. The molecule has 4 heteroatoms. The number of carboxylic acids is 1. The molecule has 1 rings (SSSR count). The van der Waals surface area contributed by atoms with Crippen LogP contribution >= 0.6 is 0 Å². The van der Waals surface area contributed by atoms with Gasteiger partial charge in [0, 0.05) is 11.6 Å². The van der Waals surface area contributed by atoms with Gasteiger partial charge in [0.25, 0.3) is 0 Å². The number of carboxylic acid groups (broad SMARTS) is 1. The van der Waals surface area contributed by atoms with Crippen molar-refractivity contribution in [3.8, 4) is 0 Å². The van der Waals surface area contributed by atoms with E-state index in [4.69, 9.17) is 5.11 Å². The lowest BCUT2D eigenvalue weighted by Gasteiger charge is -2.16. The predicted octanol–water partition coefficient (Wildman–Crippen LogP) is 1.95. The summed E-state index contributed by atoms with van der Waals surface area (Å²) in [4.78, 5) is 10.4. The molecule has 0 heterocycles. The molecule has 0 amide bonds. The number of nitrogens with one attached hydrogen (secondary N) is 1. The Bertz CT molecular complexity index is 341. The second-order valence-electron chi connectivity index (χ2n) is 3.26. The van der Waals surface area contributed by atoms with E-state index in [1.807, 2.05) is 6.92 Å². The van der Waals surface area contributed by atoms with E-state index >= 15 is 0 Å². The fourth-order valence-corrected chi connectivity index (χ4v) is 1.44. The molecule has 2 N–H and O–H groups in total. The molecule has 0 radical (unpaired) electrons. The highest BCUT2D eigenvalue weighted by molar-refractivity contribution is 5.69.